The molecular formula is C17H22N2S. The SMILES string of the molecule is CCc1ccc(CC(NN)C2(c3ccccc3)CC2)s1. The largest absolute Gasteiger partial charge is 0.271 e. The van der Waals surface area contributed by atoms with Gasteiger partial charge < -0.3 is 0 Å². The molecule has 0 saturated heterocycles. The normalized spacial score (nSPS) is 17.9. The smallest absolute Gasteiger partial charge is 0.0355 e. The van der Waals surface area contributed by atoms with E-state index in [-0.39, 0.29) is 5.41 Å². The number of hydrazine groups is 1. The van der Waals surface area contributed by atoms with E-state index in [9.17, 15) is 0 Å². The van der Waals surface area contributed by atoms with Crippen LogP contribution in [0.1, 0.15) is 35.1 Å². The number of benzene rings is 1. The Bertz CT molecular complexity index is 557. The van der Waals surface area contributed by atoms with Crippen LogP contribution in [0.2, 0.25) is 0 Å². The van der Waals surface area contributed by atoms with Gasteiger partial charge >= 0.3 is 0 Å². The second-order valence-corrected chi connectivity index (χ2v) is 6.92. The van der Waals surface area contributed by atoms with Crippen molar-refractivity contribution in [3.8, 4) is 0 Å². The molecule has 0 spiro atoms. The Morgan fingerprint density at radius 1 is 1.15 bits per heavy atom. The van der Waals surface area contributed by atoms with Gasteiger partial charge in [-0.1, -0.05) is 37.3 Å². The molecule has 0 bridgehead atoms. The number of aryl methyl sites for hydroxylation is 1. The van der Waals surface area contributed by atoms with Crippen LogP contribution in [0.5, 0.6) is 0 Å². The van der Waals surface area contributed by atoms with E-state index >= 15 is 0 Å². The number of rotatable bonds is 6. The number of hydrogen-bond donors (Lipinski definition) is 2. The molecule has 1 aromatic carbocycles. The summed E-state index contributed by atoms with van der Waals surface area (Å²) in [6, 6.07) is 15.6. The van der Waals surface area contributed by atoms with Gasteiger partial charge in [-0.15, -0.1) is 11.3 Å². The average Bonchev–Trinajstić information content (AvgIpc) is 3.19. The highest BCUT2D eigenvalue weighted by molar-refractivity contribution is 7.11. The van der Waals surface area contributed by atoms with Crippen LogP contribution in [0, 0.1) is 0 Å². The van der Waals surface area contributed by atoms with Crippen molar-refractivity contribution < 1.29 is 0 Å². The van der Waals surface area contributed by atoms with E-state index < -0.39 is 0 Å². The number of hydrogen-bond acceptors (Lipinski definition) is 3. The van der Waals surface area contributed by atoms with E-state index in [1.807, 2.05) is 11.3 Å². The van der Waals surface area contributed by atoms with Gasteiger partial charge in [-0.2, -0.15) is 0 Å². The lowest BCUT2D eigenvalue weighted by Crippen LogP contribution is -2.45. The van der Waals surface area contributed by atoms with E-state index in [0.29, 0.717) is 6.04 Å². The van der Waals surface area contributed by atoms with E-state index in [2.05, 4.69) is 54.8 Å². The Balaban J connectivity index is 1.80. The highest BCUT2D eigenvalue weighted by Gasteiger charge is 2.50. The van der Waals surface area contributed by atoms with Gasteiger partial charge in [0.2, 0.25) is 0 Å². The number of thiophene rings is 1. The second-order valence-electron chi connectivity index (χ2n) is 5.67. The maximum atomic E-state index is 5.88. The van der Waals surface area contributed by atoms with Crippen molar-refractivity contribution >= 4 is 11.3 Å². The number of nitrogens with one attached hydrogen (secondary N) is 1. The van der Waals surface area contributed by atoms with Gasteiger partial charge in [0, 0.05) is 21.2 Å². The molecule has 2 nitrogen and oxygen atoms in total. The average molecular weight is 286 g/mol. The van der Waals surface area contributed by atoms with Gasteiger partial charge in [0.15, 0.2) is 0 Å². The van der Waals surface area contributed by atoms with Crippen molar-refractivity contribution in [2.45, 2.75) is 44.1 Å². The molecule has 0 amide bonds. The lowest BCUT2D eigenvalue weighted by molar-refractivity contribution is 0.423. The molecule has 1 unspecified atom stereocenters. The minimum absolute atomic E-state index is 0.242. The van der Waals surface area contributed by atoms with Crippen LogP contribution >= 0.6 is 11.3 Å². The van der Waals surface area contributed by atoms with Crippen LogP contribution in [0.15, 0.2) is 42.5 Å². The standard InChI is InChI=1S/C17H22N2S/c1-2-14-8-9-15(20-14)12-16(19-18)17(10-11-17)13-6-4-3-5-7-13/h3-9,16,19H,2,10-12,18H2,1H3. The Kier molecular flexibility index (Phi) is 3.92. The predicted molar refractivity (Wildman–Crippen MR) is 85.9 cm³/mol. The maximum Gasteiger partial charge on any atom is 0.0355 e. The zero-order valence-electron chi connectivity index (χ0n) is 11.9. The fraction of sp³-hybridized carbons (Fsp3) is 0.412. The molecule has 3 heteroatoms. The quantitative estimate of drug-likeness (QED) is 0.631. The minimum atomic E-state index is 0.242. The molecule has 1 heterocycles. The van der Waals surface area contributed by atoms with E-state index in [4.69, 9.17) is 5.84 Å². The summed E-state index contributed by atoms with van der Waals surface area (Å²) < 4.78 is 0. The summed E-state index contributed by atoms with van der Waals surface area (Å²) in [5.41, 5.74) is 4.75. The Morgan fingerprint density at radius 2 is 1.85 bits per heavy atom. The molecule has 1 aromatic heterocycles. The van der Waals surface area contributed by atoms with Gasteiger partial charge in [0.05, 0.1) is 0 Å². The summed E-state index contributed by atoms with van der Waals surface area (Å²) >= 11 is 1.92. The highest BCUT2D eigenvalue weighted by atomic mass is 32.1. The summed E-state index contributed by atoms with van der Waals surface area (Å²) in [6.45, 7) is 2.21. The molecule has 106 valence electrons. The minimum Gasteiger partial charge on any atom is -0.271 e. The van der Waals surface area contributed by atoms with Crippen LogP contribution in [-0.2, 0) is 18.3 Å². The van der Waals surface area contributed by atoms with E-state index in [1.54, 1.807) is 0 Å². The first kappa shape index (κ1) is 13.8. The van der Waals surface area contributed by atoms with Crippen LogP contribution in [0.25, 0.3) is 0 Å². The molecule has 3 rings (SSSR count). The zero-order valence-corrected chi connectivity index (χ0v) is 12.7. The van der Waals surface area contributed by atoms with E-state index in [0.717, 1.165) is 12.8 Å². The van der Waals surface area contributed by atoms with Crippen molar-refractivity contribution in [3.05, 3.63) is 57.8 Å². The molecular weight excluding hydrogens is 264 g/mol. The van der Waals surface area contributed by atoms with Crippen LogP contribution < -0.4 is 11.3 Å². The molecule has 0 radical (unpaired) electrons. The predicted octanol–water partition coefficient (Wildman–Crippen LogP) is 3.42. The lowest BCUT2D eigenvalue weighted by atomic mass is 9.86. The van der Waals surface area contributed by atoms with Gasteiger partial charge in [-0.25, -0.2) is 0 Å². The first-order valence-corrected chi connectivity index (χ1v) is 8.19. The first-order valence-electron chi connectivity index (χ1n) is 7.38. The summed E-state index contributed by atoms with van der Waals surface area (Å²) in [4.78, 5) is 2.90. The zero-order chi connectivity index (χ0) is 14.0. The van der Waals surface area contributed by atoms with Gasteiger partial charge in [0.1, 0.15) is 0 Å². The summed E-state index contributed by atoms with van der Waals surface area (Å²) in [5.74, 6) is 5.88. The molecule has 20 heavy (non-hydrogen) atoms. The van der Waals surface area contributed by atoms with Crippen molar-refractivity contribution in [1.29, 1.82) is 0 Å². The van der Waals surface area contributed by atoms with Gasteiger partial charge in [-0.05, 0) is 43.4 Å². The molecule has 1 atom stereocenters. The molecule has 3 N–H and O–H groups in total. The summed E-state index contributed by atoms with van der Waals surface area (Å²) in [7, 11) is 0. The molecule has 1 aliphatic rings. The Hall–Kier alpha value is -1.16. The highest BCUT2D eigenvalue weighted by Crippen LogP contribution is 2.51. The van der Waals surface area contributed by atoms with Crippen molar-refractivity contribution in [2.24, 2.45) is 5.84 Å². The molecule has 1 fully saturated rings. The summed E-state index contributed by atoms with van der Waals surface area (Å²) in [6.07, 6.45) is 4.61. The van der Waals surface area contributed by atoms with Crippen LogP contribution in [0.4, 0.5) is 0 Å². The topological polar surface area (TPSA) is 38.0 Å². The molecule has 2 aromatic rings. The van der Waals surface area contributed by atoms with E-state index in [1.165, 1.54) is 28.2 Å². The van der Waals surface area contributed by atoms with Crippen LogP contribution in [-0.4, -0.2) is 6.04 Å². The Morgan fingerprint density at radius 3 is 2.40 bits per heavy atom. The first-order chi connectivity index (χ1) is 9.78. The molecule has 1 aliphatic carbocycles. The fourth-order valence-corrected chi connectivity index (χ4v) is 4.08. The monoisotopic (exact) mass is 286 g/mol. The van der Waals surface area contributed by atoms with Gasteiger partial charge in [-0.3, -0.25) is 11.3 Å². The number of nitrogens with two attached hydrogens (primary N) is 1. The van der Waals surface area contributed by atoms with Crippen molar-refractivity contribution in [3.63, 3.8) is 0 Å². The second kappa shape index (κ2) is 5.68. The molecule has 1 saturated carbocycles. The molecule has 0 aliphatic heterocycles. The van der Waals surface area contributed by atoms with Crippen LogP contribution in [0.3, 0.4) is 0 Å². The van der Waals surface area contributed by atoms with Crippen molar-refractivity contribution in [2.75, 3.05) is 0 Å². The van der Waals surface area contributed by atoms with Crippen molar-refractivity contribution in [1.82, 2.24) is 5.43 Å². The maximum absolute atomic E-state index is 5.88. The fourth-order valence-electron chi connectivity index (χ4n) is 3.08. The third-order valence-electron chi connectivity index (χ3n) is 4.48. The third kappa shape index (κ3) is 2.53. The van der Waals surface area contributed by atoms with Gasteiger partial charge in [0.25, 0.3) is 0 Å². The summed E-state index contributed by atoms with van der Waals surface area (Å²) in [5, 5.41) is 0. The lowest BCUT2D eigenvalue weighted by Gasteiger charge is -2.26. The Labute approximate surface area is 125 Å². The third-order valence-corrected chi connectivity index (χ3v) is 5.73.